The van der Waals surface area contributed by atoms with Crippen LogP contribution in [-0.4, -0.2) is 16.1 Å². The maximum absolute atomic E-state index is 11.4. The summed E-state index contributed by atoms with van der Waals surface area (Å²) >= 11 is 1.00. The van der Waals surface area contributed by atoms with Crippen LogP contribution < -0.4 is 4.73 Å². The third kappa shape index (κ3) is 1.74. The summed E-state index contributed by atoms with van der Waals surface area (Å²) in [6.45, 7) is 1.61. The molecule has 1 N–H and O–H groups in total. The Balaban J connectivity index is 2.54. The van der Waals surface area contributed by atoms with Gasteiger partial charge < -0.3 is 10.3 Å². The number of carbonyl (C=O) groups is 1. The highest BCUT2D eigenvalue weighted by molar-refractivity contribution is 7.16. The van der Waals surface area contributed by atoms with E-state index in [2.05, 4.69) is 4.98 Å². The summed E-state index contributed by atoms with van der Waals surface area (Å²) in [5, 5.41) is 20.7. The molecule has 2 rings (SSSR count). The van der Waals surface area contributed by atoms with Crippen molar-refractivity contribution in [1.29, 1.82) is 0 Å². The van der Waals surface area contributed by atoms with E-state index in [0.29, 0.717) is 21.1 Å². The summed E-state index contributed by atoms with van der Waals surface area (Å²) in [6.07, 6.45) is 1.35. The predicted octanol–water partition coefficient (Wildman–Crippen LogP) is 1.45. The molecule has 0 aliphatic heterocycles. The van der Waals surface area contributed by atoms with E-state index in [0.717, 1.165) is 11.3 Å². The van der Waals surface area contributed by atoms with Gasteiger partial charge >= 0.3 is 5.97 Å². The number of aromatic nitrogens is 2. The van der Waals surface area contributed by atoms with Gasteiger partial charge in [-0.15, -0.1) is 11.3 Å². The molecule has 16 heavy (non-hydrogen) atoms. The second kappa shape index (κ2) is 3.90. The number of pyridine rings is 1. The van der Waals surface area contributed by atoms with Crippen molar-refractivity contribution < 1.29 is 14.6 Å². The van der Waals surface area contributed by atoms with E-state index < -0.39 is 5.97 Å². The Bertz CT molecular complexity index is 551. The zero-order valence-corrected chi connectivity index (χ0v) is 9.19. The van der Waals surface area contributed by atoms with Gasteiger partial charge in [-0.2, -0.15) is 4.73 Å². The molecule has 0 bridgehead atoms. The smallest absolute Gasteiger partial charge is 0.347 e. The van der Waals surface area contributed by atoms with Crippen LogP contribution in [0.5, 0.6) is 0 Å². The van der Waals surface area contributed by atoms with Gasteiger partial charge in [0.15, 0.2) is 11.2 Å². The molecule has 5 nitrogen and oxygen atoms in total. The molecule has 2 aromatic rings. The van der Waals surface area contributed by atoms with Crippen LogP contribution in [-0.2, 0) is 0 Å². The van der Waals surface area contributed by atoms with E-state index in [-0.39, 0.29) is 4.88 Å². The quantitative estimate of drug-likeness (QED) is 0.632. The molecule has 0 saturated carbocycles. The first-order valence-electron chi connectivity index (χ1n) is 4.49. The number of hydrogen-bond acceptors (Lipinski definition) is 4. The van der Waals surface area contributed by atoms with Crippen molar-refractivity contribution in [2.45, 2.75) is 6.92 Å². The number of aryl methyl sites for hydroxylation is 1. The van der Waals surface area contributed by atoms with Gasteiger partial charge in [0, 0.05) is 12.1 Å². The number of carboxylic acids is 1. The third-order valence-electron chi connectivity index (χ3n) is 2.03. The lowest BCUT2D eigenvalue weighted by molar-refractivity contribution is -0.593. The van der Waals surface area contributed by atoms with Gasteiger partial charge in [0.2, 0.25) is 0 Å². The van der Waals surface area contributed by atoms with E-state index >= 15 is 0 Å². The third-order valence-corrected chi connectivity index (χ3v) is 3.20. The lowest BCUT2D eigenvalue weighted by atomic mass is 10.3. The maximum Gasteiger partial charge on any atom is 0.347 e. The molecular formula is C10H8N2O3S. The first-order chi connectivity index (χ1) is 7.59. The molecule has 2 aromatic heterocycles. The minimum Gasteiger partial charge on any atom is -0.618 e. The Morgan fingerprint density at radius 3 is 2.88 bits per heavy atom. The number of nitrogens with zero attached hydrogens (tertiary/aromatic N) is 2. The fraction of sp³-hybridized carbons (Fsp3) is 0.100. The Kier molecular flexibility index (Phi) is 2.57. The SMILES string of the molecule is Cc1nc(-c2cccc[n+]2[O-])sc1C(=O)O. The highest BCUT2D eigenvalue weighted by atomic mass is 32.1. The monoisotopic (exact) mass is 236 g/mol. The molecule has 0 radical (unpaired) electrons. The summed E-state index contributed by atoms with van der Waals surface area (Å²) in [4.78, 5) is 15.1. The molecule has 0 unspecified atom stereocenters. The fourth-order valence-electron chi connectivity index (χ4n) is 1.30. The van der Waals surface area contributed by atoms with Crippen molar-refractivity contribution in [2.24, 2.45) is 0 Å². The molecule has 0 fully saturated rings. The number of rotatable bonds is 2. The van der Waals surface area contributed by atoms with Crippen LogP contribution in [0, 0.1) is 12.1 Å². The largest absolute Gasteiger partial charge is 0.618 e. The zero-order chi connectivity index (χ0) is 11.7. The van der Waals surface area contributed by atoms with Crippen molar-refractivity contribution in [3.05, 3.63) is 40.2 Å². The van der Waals surface area contributed by atoms with Crippen molar-refractivity contribution in [2.75, 3.05) is 0 Å². The zero-order valence-electron chi connectivity index (χ0n) is 8.38. The first-order valence-corrected chi connectivity index (χ1v) is 5.30. The standard InChI is InChI=1S/C10H8N2O3S/c1-6-8(10(13)14)16-9(11-6)7-4-2-3-5-12(7)15/h2-5H,1H3,(H,13,14). The second-order valence-electron chi connectivity index (χ2n) is 3.15. The van der Waals surface area contributed by atoms with Gasteiger partial charge in [-0.1, -0.05) is 0 Å². The molecule has 0 aromatic carbocycles. The minimum atomic E-state index is -1.02. The molecule has 0 amide bonds. The van der Waals surface area contributed by atoms with Crippen LogP contribution in [0.25, 0.3) is 10.7 Å². The topological polar surface area (TPSA) is 77.1 Å². The maximum atomic E-state index is 11.4. The summed E-state index contributed by atoms with van der Waals surface area (Å²) < 4.78 is 0.671. The Labute approximate surface area is 95.2 Å². The van der Waals surface area contributed by atoms with Crippen LogP contribution in [0.3, 0.4) is 0 Å². The van der Waals surface area contributed by atoms with E-state index in [1.807, 2.05) is 0 Å². The average Bonchev–Trinajstić information content (AvgIpc) is 2.61. The summed E-state index contributed by atoms with van der Waals surface area (Å²) in [6, 6.07) is 4.92. The van der Waals surface area contributed by atoms with Gasteiger partial charge in [0.25, 0.3) is 5.69 Å². The van der Waals surface area contributed by atoms with Crippen molar-refractivity contribution in [1.82, 2.24) is 4.98 Å². The van der Waals surface area contributed by atoms with Crippen molar-refractivity contribution in [3.8, 4) is 10.7 Å². The number of hydrogen-bond donors (Lipinski definition) is 1. The molecule has 0 atom stereocenters. The lowest BCUT2D eigenvalue weighted by Crippen LogP contribution is -2.27. The highest BCUT2D eigenvalue weighted by Gasteiger charge is 2.18. The van der Waals surface area contributed by atoms with Crippen LogP contribution in [0.2, 0.25) is 0 Å². The van der Waals surface area contributed by atoms with Gasteiger partial charge in [0.05, 0.1) is 5.69 Å². The van der Waals surface area contributed by atoms with Crippen molar-refractivity contribution in [3.63, 3.8) is 0 Å². The number of carboxylic acid groups (broad SMARTS) is 1. The highest BCUT2D eigenvalue weighted by Crippen LogP contribution is 2.25. The molecule has 0 spiro atoms. The second-order valence-corrected chi connectivity index (χ2v) is 4.15. The predicted molar refractivity (Wildman–Crippen MR) is 58.2 cm³/mol. The van der Waals surface area contributed by atoms with Crippen LogP contribution >= 0.6 is 11.3 Å². The van der Waals surface area contributed by atoms with Crippen LogP contribution in [0.1, 0.15) is 15.4 Å². The lowest BCUT2D eigenvalue weighted by Gasteiger charge is -1.99. The molecular weight excluding hydrogens is 228 g/mol. The van der Waals surface area contributed by atoms with Gasteiger partial charge in [-0.25, -0.2) is 9.78 Å². The molecule has 2 heterocycles. The average molecular weight is 236 g/mol. The van der Waals surface area contributed by atoms with Crippen molar-refractivity contribution >= 4 is 17.3 Å². The summed E-state index contributed by atoms with van der Waals surface area (Å²) in [7, 11) is 0. The molecule has 0 aliphatic carbocycles. The fourth-order valence-corrected chi connectivity index (χ4v) is 2.22. The molecule has 0 saturated heterocycles. The van der Waals surface area contributed by atoms with Gasteiger partial charge in [-0.05, 0) is 13.0 Å². The van der Waals surface area contributed by atoms with Gasteiger partial charge in [-0.3, -0.25) is 0 Å². The first kappa shape index (κ1) is 10.6. The van der Waals surface area contributed by atoms with E-state index in [1.165, 1.54) is 6.20 Å². The summed E-state index contributed by atoms with van der Waals surface area (Å²) in [5.74, 6) is -1.02. The Hall–Kier alpha value is -1.95. The van der Waals surface area contributed by atoms with Crippen LogP contribution in [0.4, 0.5) is 0 Å². The Morgan fingerprint density at radius 2 is 2.31 bits per heavy atom. The number of aromatic carboxylic acids is 1. The molecule has 0 aliphatic rings. The van der Waals surface area contributed by atoms with E-state index in [1.54, 1.807) is 25.1 Å². The number of thiazole rings is 1. The summed E-state index contributed by atoms with van der Waals surface area (Å²) in [5.41, 5.74) is 0.791. The normalized spacial score (nSPS) is 10.3. The van der Waals surface area contributed by atoms with Gasteiger partial charge in [0.1, 0.15) is 4.88 Å². The minimum absolute atomic E-state index is 0.166. The van der Waals surface area contributed by atoms with E-state index in [4.69, 9.17) is 5.11 Å². The van der Waals surface area contributed by atoms with E-state index in [9.17, 15) is 10.0 Å². The Morgan fingerprint density at radius 1 is 1.56 bits per heavy atom. The van der Waals surface area contributed by atoms with Crippen LogP contribution in [0.15, 0.2) is 24.4 Å². The molecule has 82 valence electrons. The molecule has 6 heteroatoms.